The van der Waals surface area contributed by atoms with E-state index in [2.05, 4.69) is 50.3 Å². The molecule has 2 atom stereocenters. The highest BCUT2D eigenvalue weighted by Crippen LogP contribution is 2.43. The molecule has 9 nitrogen and oxygen atoms in total. The first-order valence-electron chi connectivity index (χ1n) is 23.7. The number of carbonyl (C=O) groups is 2. The second-order valence-corrected chi connectivity index (χ2v) is 18.6. The zero-order valence-electron chi connectivity index (χ0n) is 38.3. The second-order valence-electron chi connectivity index (χ2n) is 17.1. The van der Waals surface area contributed by atoms with Crippen LogP contribution in [0.25, 0.3) is 0 Å². The number of esters is 2. The fourth-order valence-corrected chi connectivity index (χ4v) is 7.13. The van der Waals surface area contributed by atoms with Gasteiger partial charge < -0.3 is 18.9 Å². The Kier molecular flexibility index (Phi) is 39.4. The van der Waals surface area contributed by atoms with Crippen molar-refractivity contribution in [2.24, 2.45) is 0 Å². The summed E-state index contributed by atoms with van der Waals surface area (Å²) in [6.07, 6.45) is 46.1. The van der Waals surface area contributed by atoms with Crippen molar-refractivity contribution in [2.75, 3.05) is 47.5 Å². The third-order valence-corrected chi connectivity index (χ3v) is 11.1. The summed E-state index contributed by atoms with van der Waals surface area (Å²) in [6, 6.07) is 0. The molecule has 0 aliphatic heterocycles. The van der Waals surface area contributed by atoms with E-state index in [4.69, 9.17) is 18.5 Å². The highest BCUT2D eigenvalue weighted by atomic mass is 31.2. The average Bonchev–Trinajstić information content (AvgIpc) is 3.17. The number of allylic oxidation sites excluding steroid dienone is 6. The topological polar surface area (TPSA) is 108 Å². The molecule has 0 fully saturated rings. The molecular formula is C48H91NO8P+. The van der Waals surface area contributed by atoms with Gasteiger partial charge in [0, 0.05) is 12.8 Å². The number of quaternary nitrogens is 1. The number of carbonyl (C=O) groups excluding carboxylic acids is 2. The lowest BCUT2D eigenvalue weighted by Crippen LogP contribution is -2.37. The summed E-state index contributed by atoms with van der Waals surface area (Å²) < 4.78 is 34.4. The Morgan fingerprint density at radius 2 is 0.931 bits per heavy atom. The highest BCUT2D eigenvalue weighted by molar-refractivity contribution is 7.47. The average molecular weight is 841 g/mol. The van der Waals surface area contributed by atoms with E-state index in [0.717, 1.165) is 70.6 Å². The lowest BCUT2D eigenvalue weighted by Gasteiger charge is -2.24. The number of rotatable bonds is 43. The fraction of sp³-hybridized carbons (Fsp3) is 0.833. The van der Waals surface area contributed by atoms with E-state index >= 15 is 0 Å². The van der Waals surface area contributed by atoms with Crippen LogP contribution in [0.15, 0.2) is 36.5 Å². The lowest BCUT2D eigenvalue weighted by atomic mass is 10.1. The summed E-state index contributed by atoms with van der Waals surface area (Å²) >= 11 is 0. The zero-order valence-corrected chi connectivity index (χ0v) is 39.2. The number of likely N-dealkylation sites (N-methyl/N-ethyl adjacent to an activating group) is 1. The number of phosphoric acid groups is 1. The second kappa shape index (κ2) is 40.6. The molecule has 0 rings (SSSR count). The Labute approximate surface area is 357 Å². The first-order valence-corrected chi connectivity index (χ1v) is 25.2. The van der Waals surface area contributed by atoms with Crippen LogP contribution in [0.1, 0.15) is 206 Å². The highest BCUT2D eigenvalue weighted by Gasteiger charge is 2.27. The number of ether oxygens (including phenoxy) is 2. The molecule has 0 saturated heterocycles. The lowest BCUT2D eigenvalue weighted by molar-refractivity contribution is -0.870. The van der Waals surface area contributed by atoms with Gasteiger partial charge in [-0.3, -0.25) is 18.6 Å². The van der Waals surface area contributed by atoms with Gasteiger partial charge in [0.1, 0.15) is 19.8 Å². The SMILES string of the molecule is CCCCC/C=C\C/C=C\CCCCCCCCCCCC(=O)O[C@H](COC(=O)CCCCCCC/C=C\CCCCCCCC)COP(=O)(O)OCC[N+](C)(C)C. The van der Waals surface area contributed by atoms with Gasteiger partial charge in [-0.25, -0.2) is 4.57 Å². The molecule has 0 bridgehead atoms. The van der Waals surface area contributed by atoms with Gasteiger partial charge in [-0.15, -0.1) is 0 Å². The van der Waals surface area contributed by atoms with E-state index in [1.807, 2.05) is 21.1 Å². The molecule has 340 valence electrons. The van der Waals surface area contributed by atoms with Crippen LogP contribution in [-0.4, -0.2) is 74.9 Å². The molecule has 58 heavy (non-hydrogen) atoms. The minimum atomic E-state index is -4.38. The van der Waals surface area contributed by atoms with E-state index in [-0.39, 0.29) is 32.0 Å². The molecule has 0 aliphatic carbocycles. The first-order chi connectivity index (χ1) is 28.0. The Balaban J connectivity index is 4.32. The van der Waals surface area contributed by atoms with Crippen molar-refractivity contribution in [1.82, 2.24) is 0 Å². The Hall–Kier alpha value is -1.77. The maximum atomic E-state index is 12.7. The molecule has 0 aromatic heterocycles. The Morgan fingerprint density at radius 3 is 1.41 bits per heavy atom. The molecule has 0 amide bonds. The third-order valence-electron chi connectivity index (χ3n) is 10.1. The van der Waals surface area contributed by atoms with E-state index in [1.54, 1.807) is 0 Å². The van der Waals surface area contributed by atoms with Gasteiger partial charge in [-0.1, -0.05) is 159 Å². The normalized spacial score (nSPS) is 13.8. The van der Waals surface area contributed by atoms with Crippen LogP contribution in [0.4, 0.5) is 0 Å². The summed E-state index contributed by atoms with van der Waals surface area (Å²) in [6.45, 7) is 4.39. The number of nitrogens with zero attached hydrogens (tertiary/aromatic N) is 1. The molecule has 0 radical (unpaired) electrons. The van der Waals surface area contributed by atoms with Crippen LogP contribution < -0.4 is 0 Å². The Bertz CT molecular complexity index is 1090. The summed E-state index contributed by atoms with van der Waals surface area (Å²) in [5.41, 5.74) is 0. The number of hydrogen-bond donors (Lipinski definition) is 1. The van der Waals surface area contributed by atoms with Gasteiger partial charge >= 0.3 is 19.8 Å². The van der Waals surface area contributed by atoms with Crippen molar-refractivity contribution < 1.29 is 42.1 Å². The quantitative estimate of drug-likeness (QED) is 0.0213. The summed E-state index contributed by atoms with van der Waals surface area (Å²) in [7, 11) is 1.47. The van der Waals surface area contributed by atoms with Crippen molar-refractivity contribution >= 4 is 19.8 Å². The van der Waals surface area contributed by atoms with Crippen molar-refractivity contribution in [2.45, 2.75) is 213 Å². The number of unbranched alkanes of at least 4 members (excludes halogenated alkanes) is 23. The van der Waals surface area contributed by atoms with Gasteiger partial charge in [0.25, 0.3) is 0 Å². The van der Waals surface area contributed by atoms with Crippen LogP contribution >= 0.6 is 7.82 Å². The van der Waals surface area contributed by atoms with Crippen molar-refractivity contribution in [3.63, 3.8) is 0 Å². The summed E-state index contributed by atoms with van der Waals surface area (Å²) in [5, 5.41) is 0. The van der Waals surface area contributed by atoms with Crippen LogP contribution in [0.2, 0.25) is 0 Å². The van der Waals surface area contributed by atoms with Crippen molar-refractivity contribution in [3.8, 4) is 0 Å². The standard InChI is InChI=1S/C48H90NO8P/c1-6-8-10-12-14-16-18-20-22-23-24-25-27-29-31-33-35-37-39-41-48(51)57-46(45-56-58(52,53)55-43-42-49(3,4)5)44-54-47(50)40-38-36-34-32-30-28-26-21-19-17-15-13-11-9-7-2/h14,16,20-22,26,46H,6-13,15,17-19,23-25,27-45H2,1-5H3/p+1/b16-14-,22-20-,26-21-/t46-/m1/s1. The first kappa shape index (κ1) is 56.2. The molecule has 0 aliphatic rings. The fourth-order valence-electron chi connectivity index (χ4n) is 6.39. The largest absolute Gasteiger partial charge is 0.472 e. The van der Waals surface area contributed by atoms with Crippen molar-refractivity contribution in [1.29, 1.82) is 0 Å². The molecule has 1 N–H and O–H groups in total. The van der Waals surface area contributed by atoms with Crippen LogP contribution in [-0.2, 0) is 32.7 Å². The molecule has 0 aromatic rings. The zero-order chi connectivity index (χ0) is 42.8. The molecular weight excluding hydrogens is 750 g/mol. The predicted octanol–water partition coefficient (Wildman–Crippen LogP) is 13.7. The molecule has 0 spiro atoms. The van der Waals surface area contributed by atoms with Gasteiger partial charge in [0.15, 0.2) is 6.10 Å². The summed E-state index contributed by atoms with van der Waals surface area (Å²) in [4.78, 5) is 35.4. The maximum absolute atomic E-state index is 12.7. The van der Waals surface area contributed by atoms with Crippen molar-refractivity contribution in [3.05, 3.63) is 36.5 Å². The van der Waals surface area contributed by atoms with Gasteiger partial charge in [-0.05, 0) is 70.6 Å². The van der Waals surface area contributed by atoms with E-state index in [1.165, 1.54) is 103 Å². The van der Waals surface area contributed by atoms with Crippen LogP contribution in [0.5, 0.6) is 0 Å². The monoisotopic (exact) mass is 841 g/mol. The maximum Gasteiger partial charge on any atom is 0.472 e. The van der Waals surface area contributed by atoms with E-state index in [9.17, 15) is 19.0 Å². The Morgan fingerprint density at radius 1 is 0.534 bits per heavy atom. The molecule has 0 heterocycles. The smallest absolute Gasteiger partial charge is 0.462 e. The van der Waals surface area contributed by atoms with Gasteiger partial charge in [-0.2, -0.15) is 0 Å². The van der Waals surface area contributed by atoms with Crippen LogP contribution in [0, 0.1) is 0 Å². The summed E-state index contributed by atoms with van der Waals surface area (Å²) in [5.74, 6) is -0.809. The third kappa shape index (κ3) is 43.8. The van der Waals surface area contributed by atoms with Gasteiger partial charge in [0.05, 0.1) is 27.7 Å². The molecule has 0 saturated carbocycles. The minimum absolute atomic E-state index is 0.0296. The van der Waals surface area contributed by atoms with E-state index in [0.29, 0.717) is 17.4 Å². The van der Waals surface area contributed by atoms with Crippen LogP contribution in [0.3, 0.4) is 0 Å². The van der Waals surface area contributed by atoms with Gasteiger partial charge in [0.2, 0.25) is 0 Å². The number of hydrogen-bond acceptors (Lipinski definition) is 7. The molecule has 1 unspecified atom stereocenters. The molecule has 10 heteroatoms. The predicted molar refractivity (Wildman–Crippen MR) is 243 cm³/mol. The minimum Gasteiger partial charge on any atom is -0.462 e. The number of phosphoric ester groups is 1. The van der Waals surface area contributed by atoms with E-state index < -0.39 is 26.5 Å². The molecule has 0 aromatic carbocycles.